The third-order valence-corrected chi connectivity index (χ3v) is 4.13. The molecule has 1 heterocycles. The number of nitrogens with one attached hydrogen (secondary N) is 1. The summed E-state index contributed by atoms with van der Waals surface area (Å²) < 4.78 is 6.09. The third kappa shape index (κ3) is 4.39. The quantitative estimate of drug-likeness (QED) is 0.864. The van der Waals surface area contributed by atoms with E-state index in [0.717, 1.165) is 41.6 Å². The lowest BCUT2D eigenvalue weighted by Crippen LogP contribution is -2.33. The van der Waals surface area contributed by atoms with E-state index in [1.54, 1.807) is 0 Å². The summed E-state index contributed by atoms with van der Waals surface area (Å²) in [6.45, 7) is 2.94. The van der Waals surface area contributed by atoms with Crippen molar-refractivity contribution in [3.05, 3.63) is 53.6 Å². The molecule has 0 saturated carbocycles. The Labute approximate surface area is 143 Å². The summed E-state index contributed by atoms with van der Waals surface area (Å²) in [6.07, 6.45) is 2.47. The Bertz CT molecular complexity index is 583. The van der Waals surface area contributed by atoms with Crippen LogP contribution in [0.3, 0.4) is 0 Å². The van der Waals surface area contributed by atoms with Crippen molar-refractivity contribution in [2.75, 3.05) is 19.7 Å². The van der Waals surface area contributed by atoms with Crippen LogP contribution in [0.4, 0.5) is 0 Å². The van der Waals surface area contributed by atoms with Crippen molar-refractivity contribution in [3.63, 3.8) is 0 Å². The van der Waals surface area contributed by atoms with E-state index in [9.17, 15) is 0 Å². The lowest BCUT2D eigenvalue weighted by molar-refractivity contribution is 0.219. The minimum absolute atomic E-state index is 0. The van der Waals surface area contributed by atoms with Crippen molar-refractivity contribution >= 4 is 24.0 Å². The van der Waals surface area contributed by atoms with Crippen LogP contribution in [-0.2, 0) is 0 Å². The van der Waals surface area contributed by atoms with Gasteiger partial charge in [0.05, 0.1) is 6.61 Å². The number of hydrogen-bond donors (Lipinski definition) is 1. The Balaban J connectivity index is 0.00000176. The number of benzene rings is 2. The van der Waals surface area contributed by atoms with Crippen LogP contribution >= 0.6 is 24.0 Å². The highest BCUT2D eigenvalue weighted by Crippen LogP contribution is 2.33. The summed E-state index contributed by atoms with van der Waals surface area (Å²) in [5, 5.41) is 4.16. The van der Waals surface area contributed by atoms with Gasteiger partial charge in [-0.25, -0.2) is 0 Å². The minimum atomic E-state index is 0. The van der Waals surface area contributed by atoms with Crippen molar-refractivity contribution in [2.45, 2.75) is 12.8 Å². The summed E-state index contributed by atoms with van der Waals surface area (Å²) in [6, 6.07) is 16.1. The first-order valence-corrected chi connectivity index (χ1v) is 7.89. The number of halogens is 2. The molecule has 0 bridgehead atoms. The summed E-state index contributed by atoms with van der Waals surface area (Å²) in [5.41, 5.74) is 2.20. The van der Waals surface area contributed by atoms with Gasteiger partial charge in [-0.15, -0.1) is 12.4 Å². The highest BCUT2D eigenvalue weighted by atomic mass is 35.5. The predicted molar refractivity (Wildman–Crippen MR) is 95.2 cm³/mol. The molecule has 1 N–H and O–H groups in total. The van der Waals surface area contributed by atoms with E-state index in [4.69, 9.17) is 16.3 Å². The summed E-state index contributed by atoms with van der Waals surface area (Å²) in [4.78, 5) is 0. The van der Waals surface area contributed by atoms with Gasteiger partial charge in [-0.2, -0.15) is 0 Å². The Morgan fingerprint density at radius 2 is 1.95 bits per heavy atom. The highest BCUT2D eigenvalue weighted by Gasteiger charge is 2.15. The Morgan fingerprint density at radius 3 is 2.68 bits per heavy atom. The fraction of sp³-hybridized carbons (Fsp3) is 0.333. The van der Waals surface area contributed by atoms with Crippen molar-refractivity contribution in [3.8, 4) is 16.9 Å². The first-order chi connectivity index (χ1) is 10.3. The van der Waals surface area contributed by atoms with E-state index in [0.29, 0.717) is 5.92 Å². The molecule has 4 heteroatoms. The summed E-state index contributed by atoms with van der Waals surface area (Å²) in [7, 11) is 0. The smallest absolute Gasteiger partial charge is 0.127 e. The molecule has 0 spiro atoms. The van der Waals surface area contributed by atoms with Gasteiger partial charge >= 0.3 is 0 Å². The van der Waals surface area contributed by atoms with Crippen molar-refractivity contribution in [2.24, 2.45) is 5.92 Å². The van der Waals surface area contributed by atoms with Crippen molar-refractivity contribution in [1.82, 2.24) is 5.32 Å². The average molecular weight is 338 g/mol. The van der Waals surface area contributed by atoms with E-state index in [1.807, 2.05) is 36.4 Å². The SMILES string of the molecule is Cl.Clc1ccc(OCC2CCCNC2)c(-c2ccccc2)c1. The van der Waals surface area contributed by atoms with Crippen LogP contribution in [0.25, 0.3) is 11.1 Å². The standard InChI is InChI=1S/C18H20ClNO.ClH/c19-16-8-9-18(21-13-14-5-4-10-20-12-14)17(11-16)15-6-2-1-3-7-15;/h1-3,6-9,11,14,20H,4-5,10,12-13H2;1H. The molecular weight excluding hydrogens is 317 g/mol. The lowest BCUT2D eigenvalue weighted by atomic mass is 10.0. The van der Waals surface area contributed by atoms with Gasteiger partial charge in [-0.1, -0.05) is 41.9 Å². The zero-order valence-corrected chi connectivity index (χ0v) is 14.0. The first-order valence-electron chi connectivity index (χ1n) is 7.51. The van der Waals surface area contributed by atoms with Crippen LogP contribution < -0.4 is 10.1 Å². The Morgan fingerprint density at radius 1 is 1.14 bits per heavy atom. The van der Waals surface area contributed by atoms with Gasteiger partial charge in [0.15, 0.2) is 0 Å². The lowest BCUT2D eigenvalue weighted by Gasteiger charge is -2.23. The number of ether oxygens (including phenoxy) is 1. The second kappa shape index (κ2) is 8.42. The molecular formula is C18H21Cl2NO. The van der Waals surface area contributed by atoms with Crippen LogP contribution in [0, 0.1) is 5.92 Å². The molecule has 1 atom stereocenters. The van der Waals surface area contributed by atoms with E-state index in [2.05, 4.69) is 17.4 Å². The van der Waals surface area contributed by atoms with Gasteiger partial charge in [-0.3, -0.25) is 0 Å². The van der Waals surface area contributed by atoms with Crippen molar-refractivity contribution in [1.29, 1.82) is 0 Å². The van der Waals surface area contributed by atoms with Gasteiger partial charge in [-0.05, 0) is 43.1 Å². The molecule has 0 aliphatic carbocycles. The molecule has 22 heavy (non-hydrogen) atoms. The fourth-order valence-corrected chi connectivity index (χ4v) is 2.92. The van der Waals surface area contributed by atoms with Gasteiger partial charge in [0.1, 0.15) is 5.75 Å². The summed E-state index contributed by atoms with van der Waals surface area (Å²) >= 11 is 6.15. The average Bonchev–Trinajstić information content (AvgIpc) is 2.55. The van der Waals surface area contributed by atoms with Gasteiger partial charge in [0.2, 0.25) is 0 Å². The maximum atomic E-state index is 6.15. The number of hydrogen-bond acceptors (Lipinski definition) is 2. The third-order valence-electron chi connectivity index (χ3n) is 3.90. The van der Waals surface area contributed by atoms with Crippen LogP contribution in [0.5, 0.6) is 5.75 Å². The molecule has 3 rings (SSSR count). The molecule has 1 saturated heterocycles. The summed E-state index contributed by atoms with van der Waals surface area (Å²) in [5.74, 6) is 1.51. The molecule has 2 aromatic rings. The maximum Gasteiger partial charge on any atom is 0.127 e. The van der Waals surface area contributed by atoms with E-state index in [1.165, 1.54) is 12.8 Å². The van der Waals surface area contributed by atoms with Gasteiger partial charge in [0, 0.05) is 23.0 Å². The predicted octanol–water partition coefficient (Wildman–Crippen LogP) is 4.81. The molecule has 0 radical (unpaired) electrons. The zero-order chi connectivity index (χ0) is 14.5. The Kier molecular flexibility index (Phi) is 6.56. The molecule has 0 aromatic heterocycles. The van der Waals surface area contributed by atoms with Crippen LogP contribution in [0.1, 0.15) is 12.8 Å². The zero-order valence-electron chi connectivity index (χ0n) is 12.4. The normalized spacial score (nSPS) is 17.6. The van der Waals surface area contributed by atoms with Crippen molar-refractivity contribution < 1.29 is 4.74 Å². The molecule has 1 aliphatic heterocycles. The topological polar surface area (TPSA) is 21.3 Å². The maximum absolute atomic E-state index is 6.15. The first kappa shape index (κ1) is 17.1. The molecule has 0 amide bonds. The highest BCUT2D eigenvalue weighted by molar-refractivity contribution is 6.31. The van der Waals surface area contributed by atoms with Gasteiger partial charge < -0.3 is 10.1 Å². The van der Waals surface area contributed by atoms with Crippen LogP contribution in [0.15, 0.2) is 48.5 Å². The molecule has 1 fully saturated rings. The molecule has 2 aromatic carbocycles. The molecule has 1 unspecified atom stereocenters. The largest absolute Gasteiger partial charge is 0.493 e. The molecule has 118 valence electrons. The second-order valence-corrected chi connectivity index (χ2v) is 5.97. The Hall–Kier alpha value is -1.22. The number of piperidine rings is 1. The number of rotatable bonds is 4. The van der Waals surface area contributed by atoms with Crippen LogP contribution in [0.2, 0.25) is 5.02 Å². The second-order valence-electron chi connectivity index (χ2n) is 5.53. The minimum Gasteiger partial charge on any atom is -0.493 e. The van der Waals surface area contributed by atoms with Crippen LogP contribution in [-0.4, -0.2) is 19.7 Å². The fourth-order valence-electron chi connectivity index (χ4n) is 2.75. The van der Waals surface area contributed by atoms with E-state index in [-0.39, 0.29) is 12.4 Å². The van der Waals surface area contributed by atoms with E-state index >= 15 is 0 Å². The van der Waals surface area contributed by atoms with Gasteiger partial charge in [0.25, 0.3) is 0 Å². The monoisotopic (exact) mass is 337 g/mol. The molecule has 1 aliphatic rings. The molecule has 2 nitrogen and oxygen atoms in total. The van der Waals surface area contributed by atoms with E-state index < -0.39 is 0 Å².